The number of phenols is 1. The standard InChI is InChI=1S/C26H30FN7O2.ClH.4H3N.4H2/c27-18-7-12-22(35)21(17-18)23(36)28-19-8-10-20(11-9-19)29-24-30-25(33-13-3-1-4-14-33)32-26(31-24)34-15-5-2-6-16-34;;;;;;;;;/h7-12,17,35H,1-6,13-16H2,(H,28,36)(H,29,30,31,32);1H;4*1H3;4*1H. The first kappa shape index (κ1) is 37.2. The molecule has 3 heterocycles. The summed E-state index contributed by atoms with van der Waals surface area (Å²) in [5, 5.41) is 15.8. The molecule has 1 amide bonds. The number of hydrogen-bond donors (Lipinski definition) is 7. The predicted octanol–water partition coefficient (Wildman–Crippen LogP) is 6.75. The fourth-order valence-corrected chi connectivity index (χ4v) is 4.53. The molecule has 0 spiro atoms. The Morgan fingerprint density at radius 2 is 1.24 bits per heavy atom. The third kappa shape index (κ3) is 9.37. The summed E-state index contributed by atoms with van der Waals surface area (Å²) in [7, 11) is 0. The summed E-state index contributed by atoms with van der Waals surface area (Å²) in [6.07, 6.45) is 6.99. The molecule has 2 fully saturated rings. The monoisotopic (exact) mass is 603 g/mol. The zero-order chi connectivity index (χ0) is 24.9. The molecule has 2 aliphatic rings. The van der Waals surface area contributed by atoms with E-state index >= 15 is 0 Å². The number of halogens is 2. The minimum atomic E-state index is -0.595. The number of rotatable bonds is 6. The van der Waals surface area contributed by atoms with Gasteiger partial charge in [0.1, 0.15) is 11.6 Å². The summed E-state index contributed by atoms with van der Waals surface area (Å²) in [4.78, 5) is 31.1. The first-order valence-corrected chi connectivity index (χ1v) is 12.5. The van der Waals surface area contributed by atoms with Gasteiger partial charge in [-0.2, -0.15) is 15.0 Å². The summed E-state index contributed by atoms with van der Waals surface area (Å²) in [6.45, 7) is 3.77. The van der Waals surface area contributed by atoms with Gasteiger partial charge in [0.15, 0.2) is 0 Å². The van der Waals surface area contributed by atoms with E-state index < -0.39 is 11.7 Å². The number of hydrogen-bond acceptors (Lipinski definition) is 12. The molecule has 2 aromatic carbocycles. The van der Waals surface area contributed by atoms with Gasteiger partial charge < -0.3 is 50.1 Å². The maximum atomic E-state index is 13.5. The number of nitrogens with one attached hydrogen (secondary N) is 2. The van der Waals surface area contributed by atoms with Crippen molar-refractivity contribution in [2.45, 2.75) is 38.5 Å². The number of nitrogens with zero attached hydrogens (tertiary/aromatic N) is 5. The Bertz CT molecular complexity index is 1210. The Hall–Kier alpha value is -3.82. The smallest absolute Gasteiger partial charge is 0.259 e. The maximum Gasteiger partial charge on any atom is 0.259 e. The van der Waals surface area contributed by atoms with Crippen LogP contribution in [0.3, 0.4) is 0 Å². The predicted molar refractivity (Wildman–Crippen MR) is 173 cm³/mol. The van der Waals surface area contributed by atoms with Crippen molar-refractivity contribution in [3.8, 4) is 5.75 Å². The van der Waals surface area contributed by atoms with Crippen molar-refractivity contribution >= 4 is 47.5 Å². The first-order chi connectivity index (χ1) is 17.5. The third-order valence-electron chi connectivity index (χ3n) is 6.49. The molecule has 15 heteroatoms. The highest BCUT2D eigenvalue weighted by Crippen LogP contribution is 2.25. The van der Waals surface area contributed by atoms with E-state index in [1.54, 1.807) is 24.3 Å². The molecule has 0 unspecified atom stereocenters. The highest BCUT2D eigenvalue weighted by molar-refractivity contribution is 6.06. The minimum Gasteiger partial charge on any atom is -0.507 e. The molecule has 1 aromatic heterocycles. The van der Waals surface area contributed by atoms with E-state index in [1.165, 1.54) is 12.8 Å². The summed E-state index contributed by atoms with van der Waals surface area (Å²) in [5.41, 5.74) is 1.13. The van der Waals surface area contributed by atoms with E-state index in [2.05, 4.69) is 20.4 Å². The number of phenolic OH excluding ortho intramolecular Hbond substituents is 1. The van der Waals surface area contributed by atoms with E-state index in [0.717, 1.165) is 75.7 Å². The van der Waals surface area contributed by atoms with Crippen molar-refractivity contribution < 1.29 is 20.0 Å². The lowest BCUT2D eigenvalue weighted by Crippen LogP contribution is -2.34. The second kappa shape index (κ2) is 17.1. The highest BCUT2D eigenvalue weighted by Gasteiger charge is 2.20. The van der Waals surface area contributed by atoms with E-state index in [0.29, 0.717) is 23.5 Å². The molecule has 0 aliphatic carbocycles. The van der Waals surface area contributed by atoms with Crippen molar-refractivity contribution in [1.29, 1.82) is 0 Å². The number of piperidine rings is 2. The van der Waals surface area contributed by atoms with E-state index in [1.807, 2.05) is 0 Å². The number of carbonyl (C=O) groups excluding carboxylic acids is 1. The fraction of sp³-hybridized carbons (Fsp3) is 0.385. The molecule has 236 valence electrons. The first-order valence-electron chi connectivity index (χ1n) is 12.5. The van der Waals surface area contributed by atoms with Gasteiger partial charge in [-0.15, -0.1) is 12.4 Å². The zero-order valence-corrected chi connectivity index (χ0v) is 24.1. The van der Waals surface area contributed by atoms with Gasteiger partial charge in [0.25, 0.3) is 5.91 Å². The molecule has 15 N–H and O–H groups in total. The molecule has 3 aromatic rings. The van der Waals surface area contributed by atoms with Crippen molar-refractivity contribution in [3.63, 3.8) is 0 Å². The van der Waals surface area contributed by atoms with E-state index in [4.69, 9.17) is 15.0 Å². The molecule has 5 rings (SSSR count). The van der Waals surface area contributed by atoms with E-state index in [9.17, 15) is 14.3 Å². The third-order valence-corrected chi connectivity index (χ3v) is 6.49. The van der Waals surface area contributed by atoms with Crippen LogP contribution in [0.1, 0.15) is 54.6 Å². The van der Waals surface area contributed by atoms with Gasteiger partial charge in [-0.25, -0.2) is 4.39 Å². The molecule has 13 nitrogen and oxygen atoms in total. The number of aromatic hydroxyl groups is 1. The lowest BCUT2D eigenvalue weighted by atomic mass is 10.1. The Morgan fingerprint density at radius 3 is 1.76 bits per heavy atom. The Labute approximate surface area is 252 Å². The van der Waals surface area contributed by atoms with Gasteiger partial charge in [0, 0.05) is 43.3 Å². The summed E-state index contributed by atoms with van der Waals surface area (Å²) < 4.78 is 13.5. The van der Waals surface area contributed by atoms with Crippen LogP contribution < -0.4 is 45.0 Å². The normalized spacial score (nSPS) is 14.1. The molecule has 41 heavy (non-hydrogen) atoms. The van der Waals surface area contributed by atoms with Crippen LogP contribution in [0.5, 0.6) is 5.75 Å². The van der Waals surface area contributed by atoms with Crippen molar-refractivity contribution in [3.05, 3.63) is 53.8 Å². The summed E-state index contributed by atoms with van der Waals surface area (Å²) in [6, 6.07) is 10.3. The fourth-order valence-electron chi connectivity index (χ4n) is 4.53. The molecular weight excluding hydrogens is 553 g/mol. The van der Waals surface area contributed by atoms with E-state index in [-0.39, 0.29) is 54.0 Å². The number of amides is 1. The van der Waals surface area contributed by atoms with Crippen LogP contribution in [0.15, 0.2) is 42.5 Å². The summed E-state index contributed by atoms with van der Waals surface area (Å²) in [5.74, 6) is 0.409. The molecule has 0 atom stereocenters. The zero-order valence-electron chi connectivity index (χ0n) is 23.3. The van der Waals surface area contributed by atoms with Crippen LogP contribution >= 0.6 is 12.4 Å². The Kier molecular flexibility index (Phi) is 15.5. The van der Waals surface area contributed by atoms with Gasteiger partial charge in [0.2, 0.25) is 17.8 Å². The average molecular weight is 604 g/mol. The maximum absolute atomic E-state index is 13.5. The van der Waals surface area contributed by atoms with Crippen LogP contribution in [-0.2, 0) is 0 Å². The summed E-state index contributed by atoms with van der Waals surface area (Å²) >= 11 is 0. The molecule has 0 radical (unpaired) electrons. The average Bonchev–Trinajstić information content (AvgIpc) is 2.92. The molecule has 0 bridgehead atoms. The van der Waals surface area contributed by atoms with Gasteiger partial charge in [-0.3, -0.25) is 4.79 Å². The Morgan fingerprint density at radius 1 is 0.756 bits per heavy atom. The van der Waals surface area contributed by atoms with Crippen LogP contribution in [0, 0.1) is 5.82 Å². The molecule has 2 saturated heterocycles. The topological polar surface area (TPSA) is 247 Å². The van der Waals surface area contributed by atoms with Crippen LogP contribution in [0.2, 0.25) is 0 Å². The van der Waals surface area contributed by atoms with Gasteiger partial charge >= 0.3 is 0 Å². The lowest BCUT2D eigenvalue weighted by Gasteiger charge is -2.30. The number of carbonyl (C=O) groups is 1. The highest BCUT2D eigenvalue weighted by atomic mass is 35.5. The molecular formula is C26H51ClFN11O2. The van der Waals surface area contributed by atoms with Gasteiger partial charge in [0.05, 0.1) is 5.56 Å². The number of anilines is 5. The SMILES string of the molecule is Cl.N.N.N.N.O=C(Nc1ccc(Nc2nc(N3CCCCC3)nc(N3CCCCC3)n2)cc1)c1cc(F)ccc1O.[HH].[HH].[HH].[HH]. The number of aromatic nitrogens is 3. The lowest BCUT2D eigenvalue weighted by molar-refractivity contribution is 0.102. The second-order valence-corrected chi connectivity index (χ2v) is 9.17. The van der Waals surface area contributed by atoms with Crippen molar-refractivity contribution in [2.24, 2.45) is 0 Å². The van der Waals surface area contributed by atoms with Gasteiger partial charge in [-0.1, -0.05) is 0 Å². The quantitative estimate of drug-likeness (QED) is 0.154. The second-order valence-electron chi connectivity index (χ2n) is 9.17. The van der Waals surface area contributed by atoms with Crippen molar-refractivity contribution in [2.75, 3.05) is 46.6 Å². The number of benzene rings is 2. The van der Waals surface area contributed by atoms with Crippen molar-refractivity contribution in [1.82, 2.24) is 39.6 Å². The van der Waals surface area contributed by atoms with Crippen LogP contribution in [0.4, 0.5) is 33.6 Å². The van der Waals surface area contributed by atoms with Crippen LogP contribution in [-0.4, -0.2) is 52.1 Å². The Balaban J connectivity index is -0.000000593. The minimum absolute atomic E-state index is 0. The van der Waals surface area contributed by atoms with Gasteiger partial charge in [-0.05, 0) is 81.0 Å². The largest absolute Gasteiger partial charge is 0.507 e. The molecule has 2 aliphatic heterocycles. The van der Waals surface area contributed by atoms with Crippen LogP contribution in [0.25, 0.3) is 0 Å². The molecule has 0 saturated carbocycles.